The molecule has 0 spiro atoms. The number of hydrogen-bond acceptors (Lipinski definition) is 2. The fourth-order valence-corrected chi connectivity index (χ4v) is 0.367. The SMILES string of the molecule is O=PCCS. The number of hydrogen-bond donors (Lipinski definition) is 1. The van der Waals surface area contributed by atoms with E-state index in [9.17, 15) is 4.57 Å². The van der Waals surface area contributed by atoms with Crippen LogP contribution in [0.4, 0.5) is 0 Å². The average Bonchev–Trinajstić information content (AvgIpc) is 1.41. The van der Waals surface area contributed by atoms with Crippen molar-refractivity contribution in [1.29, 1.82) is 0 Å². The third-order valence-electron chi connectivity index (χ3n) is 0.191. The van der Waals surface area contributed by atoms with Gasteiger partial charge in [0.1, 0.15) is 0 Å². The van der Waals surface area contributed by atoms with Gasteiger partial charge in [0.15, 0.2) is 8.46 Å². The van der Waals surface area contributed by atoms with Crippen LogP contribution in [0, 0.1) is 0 Å². The van der Waals surface area contributed by atoms with Crippen LogP contribution >= 0.6 is 21.1 Å². The molecule has 0 aliphatic heterocycles. The number of thiol groups is 1. The Morgan fingerprint density at radius 3 is 2.40 bits per heavy atom. The third kappa shape index (κ3) is 4.45. The molecule has 0 radical (unpaired) electrons. The molecule has 0 aromatic heterocycles. The Kier molecular flexibility index (Phi) is 4.85. The predicted molar refractivity (Wildman–Crippen MR) is 26.3 cm³/mol. The molecule has 0 amide bonds. The van der Waals surface area contributed by atoms with E-state index in [1.54, 1.807) is 0 Å². The van der Waals surface area contributed by atoms with E-state index in [0.29, 0.717) is 11.9 Å². The molecule has 3 heteroatoms. The van der Waals surface area contributed by atoms with Crippen LogP contribution in [0.5, 0.6) is 0 Å². The van der Waals surface area contributed by atoms with Crippen molar-refractivity contribution >= 4 is 21.1 Å². The van der Waals surface area contributed by atoms with Gasteiger partial charge in [0.2, 0.25) is 0 Å². The summed E-state index contributed by atoms with van der Waals surface area (Å²) in [5.74, 6) is 0.713. The Balaban J connectivity index is 2.40. The third-order valence-corrected chi connectivity index (χ3v) is 1.17. The van der Waals surface area contributed by atoms with Crippen molar-refractivity contribution in [1.82, 2.24) is 0 Å². The highest BCUT2D eigenvalue weighted by molar-refractivity contribution is 7.80. The topological polar surface area (TPSA) is 17.1 Å². The van der Waals surface area contributed by atoms with Gasteiger partial charge in [-0.3, -0.25) is 4.57 Å². The Morgan fingerprint density at radius 2 is 2.40 bits per heavy atom. The summed E-state index contributed by atoms with van der Waals surface area (Å²) in [5, 5.41) is 0. The Hall–Kier alpha value is 0.450. The van der Waals surface area contributed by atoms with Crippen LogP contribution in [0.25, 0.3) is 0 Å². The maximum atomic E-state index is 9.45. The molecule has 30 valence electrons. The zero-order chi connectivity index (χ0) is 4.12. The van der Waals surface area contributed by atoms with Crippen molar-refractivity contribution in [2.24, 2.45) is 0 Å². The van der Waals surface area contributed by atoms with Gasteiger partial charge in [0.25, 0.3) is 0 Å². The van der Waals surface area contributed by atoms with Gasteiger partial charge in [-0.05, 0) is 0 Å². The lowest BCUT2D eigenvalue weighted by atomic mass is 11.0. The highest BCUT2D eigenvalue weighted by Gasteiger charge is 1.69. The normalized spacial score (nSPS) is 9.00. The minimum Gasteiger partial charge on any atom is -0.275 e. The van der Waals surface area contributed by atoms with Crippen LogP contribution in [-0.2, 0) is 4.57 Å². The Bertz CT molecular complexity index is 30.8. The van der Waals surface area contributed by atoms with Crippen molar-refractivity contribution in [3.05, 3.63) is 0 Å². The minimum atomic E-state index is 0.203. The molecule has 0 bridgehead atoms. The van der Waals surface area contributed by atoms with Crippen molar-refractivity contribution in [3.8, 4) is 0 Å². The van der Waals surface area contributed by atoms with Gasteiger partial charge in [-0.1, -0.05) is 0 Å². The molecule has 0 saturated heterocycles. The van der Waals surface area contributed by atoms with E-state index >= 15 is 0 Å². The molecule has 0 N–H and O–H groups in total. The molecule has 0 rings (SSSR count). The molecule has 0 aromatic rings. The molecule has 0 atom stereocenters. The molecule has 0 saturated carbocycles. The van der Waals surface area contributed by atoms with Crippen LogP contribution in [0.1, 0.15) is 0 Å². The standard InChI is InChI=1S/C2H5OPS/c3-4-1-2-5/h5H,1-2H2. The van der Waals surface area contributed by atoms with Crippen LogP contribution in [-0.4, -0.2) is 11.9 Å². The number of rotatable bonds is 2. The summed E-state index contributed by atoms with van der Waals surface area (Å²) in [4.78, 5) is 0. The summed E-state index contributed by atoms with van der Waals surface area (Å²) in [6, 6.07) is 0. The summed E-state index contributed by atoms with van der Waals surface area (Å²) < 4.78 is 9.45. The zero-order valence-corrected chi connectivity index (χ0v) is 4.51. The van der Waals surface area contributed by atoms with Gasteiger partial charge in [-0.15, -0.1) is 0 Å². The van der Waals surface area contributed by atoms with E-state index in [2.05, 4.69) is 12.6 Å². The summed E-state index contributed by atoms with van der Waals surface area (Å²) >= 11 is 3.79. The summed E-state index contributed by atoms with van der Waals surface area (Å²) in [6.07, 6.45) is 0.670. The lowest BCUT2D eigenvalue weighted by Gasteiger charge is -1.66. The van der Waals surface area contributed by atoms with Gasteiger partial charge in [-0.25, -0.2) is 0 Å². The molecule has 0 fully saturated rings. The zero-order valence-electron chi connectivity index (χ0n) is 2.72. The van der Waals surface area contributed by atoms with E-state index < -0.39 is 0 Å². The van der Waals surface area contributed by atoms with E-state index in [0.717, 1.165) is 0 Å². The fourth-order valence-electron chi connectivity index (χ4n) is 0.0408. The van der Waals surface area contributed by atoms with Gasteiger partial charge in [0.05, 0.1) is 0 Å². The molecular weight excluding hydrogens is 103 g/mol. The summed E-state index contributed by atoms with van der Waals surface area (Å²) in [5.41, 5.74) is 0. The van der Waals surface area contributed by atoms with E-state index in [4.69, 9.17) is 0 Å². The average molecular weight is 108 g/mol. The van der Waals surface area contributed by atoms with Crippen LogP contribution in [0.3, 0.4) is 0 Å². The second-order valence-electron chi connectivity index (χ2n) is 0.576. The largest absolute Gasteiger partial charge is 0.275 e. The van der Waals surface area contributed by atoms with Gasteiger partial charge < -0.3 is 0 Å². The van der Waals surface area contributed by atoms with E-state index in [1.165, 1.54) is 0 Å². The molecule has 5 heavy (non-hydrogen) atoms. The maximum Gasteiger partial charge on any atom is 0.156 e. The fraction of sp³-hybridized carbons (Fsp3) is 1.00. The van der Waals surface area contributed by atoms with E-state index in [1.807, 2.05) is 0 Å². The summed E-state index contributed by atoms with van der Waals surface area (Å²) in [7, 11) is 0.203. The second kappa shape index (κ2) is 4.45. The van der Waals surface area contributed by atoms with Gasteiger partial charge >= 0.3 is 0 Å². The molecule has 1 nitrogen and oxygen atoms in total. The van der Waals surface area contributed by atoms with Gasteiger partial charge in [0, 0.05) is 11.9 Å². The van der Waals surface area contributed by atoms with Crippen molar-refractivity contribution < 1.29 is 4.57 Å². The first-order chi connectivity index (χ1) is 2.41. The van der Waals surface area contributed by atoms with Gasteiger partial charge in [-0.2, -0.15) is 12.6 Å². The van der Waals surface area contributed by atoms with Crippen molar-refractivity contribution in [2.75, 3.05) is 11.9 Å². The monoisotopic (exact) mass is 108 g/mol. The molecular formula is C2H5OPS. The lowest BCUT2D eigenvalue weighted by Crippen LogP contribution is -1.65. The maximum absolute atomic E-state index is 9.45. The highest BCUT2D eigenvalue weighted by atomic mass is 32.1. The summed E-state index contributed by atoms with van der Waals surface area (Å²) in [6.45, 7) is 0. The first-order valence-corrected chi connectivity index (χ1v) is 2.95. The molecule has 0 aliphatic rings. The van der Waals surface area contributed by atoms with Crippen LogP contribution in [0.2, 0.25) is 0 Å². The minimum absolute atomic E-state index is 0.203. The Labute approximate surface area is 38.4 Å². The van der Waals surface area contributed by atoms with Crippen molar-refractivity contribution in [2.45, 2.75) is 0 Å². The lowest BCUT2D eigenvalue weighted by molar-refractivity contribution is 0.599. The Morgan fingerprint density at radius 1 is 1.80 bits per heavy atom. The van der Waals surface area contributed by atoms with Crippen molar-refractivity contribution in [3.63, 3.8) is 0 Å². The predicted octanol–water partition coefficient (Wildman–Crippen LogP) is 1.21. The molecule has 0 aliphatic carbocycles. The molecule has 0 unspecified atom stereocenters. The van der Waals surface area contributed by atoms with Crippen LogP contribution in [0.15, 0.2) is 0 Å². The van der Waals surface area contributed by atoms with E-state index in [-0.39, 0.29) is 8.46 Å². The first kappa shape index (κ1) is 5.45. The smallest absolute Gasteiger partial charge is 0.156 e. The quantitative estimate of drug-likeness (QED) is 0.415. The first-order valence-electron chi connectivity index (χ1n) is 1.32. The second-order valence-corrected chi connectivity index (χ2v) is 1.73. The van der Waals surface area contributed by atoms with Crippen LogP contribution < -0.4 is 0 Å². The molecule has 0 aromatic carbocycles. The highest BCUT2D eigenvalue weighted by Crippen LogP contribution is 1.88. The molecule has 0 heterocycles.